The van der Waals surface area contributed by atoms with Crippen LogP contribution in [0, 0.1) is 0 Å². The Morgan fingerprint density at radius 3 is 2.86 bits per heavy atom. The van der Waals surface area contributed by atoms with E-state index in [1.54, 1.807) is 25.1 Å². The summed E-state index contributed by atoms with van der Waals surface area (Å²) < 4.78 is 4.95. The summed E-state index contributed by atoms with van der Waals surface area (Å²) in [5.74, 6) is 0.260. The fourth-order valence-corrected chi connectivity index (χ4v) is 1.30. The van der Waals surface area contributed by atoms with E-state index >= 15 is 0 Å². The van der Waals surface area contributed by atoms with Crippen molar-refractivity contribution in [2.45, 2.75) is 12.3 Å². The zero-order valence-electron chi connectivity index (χ0n) is 7.53. The summed E-state index contributed by atoms with van der Waals surface area (Å²) in [6, 6.07) is 7.02. The van der Waals surface area contributed by atoms with Gasteiger partial charge in [0.2, 0.25) is 5.89 Å². The van der Waals surface area contributed by atoms with Crippen molar-refractivity contribution in [2.75, 3.05) is 0 Å². The van der Waals surface area contributed by atoms with Crippen molar-refractivity contribution in [3.05, 3.63) is 40.6 Å². The first-order chi connectivity index (χ1) is 6.68. The molecule has 3 nitrogen and oxygen atoms in total. The smallest absolute Gasteiger partial charge is 0.346 e. The second-order valence-electron chi connectivity index (χ2n) is 2.97. The predicted molar refractivity (Wildman–Crippen MR) is 54.5 cm³/mol. The number of benzene rings is 1. The molecular weight excluding hydrogens is 202 g/mol. The van der Waals surface area contributed by atoms with Crippen LogP contribution in [0.2, 0.25) is 0 Å². The molecule has 0 aliphatic heterocycles. The number of fused-ring (bicyclic) bond motifs is 1. The number of alkyl halides is 1. The highest BCUT2D eigenvalue weighted by molar-refractivity contribution is 6.20. The molecule has 1 atom stereocenters. The van der Waals surface area contributed by atoms with E-state index in [0.717, 1.165) is 0 Å². The molecule has 0 spiro atoms. The molecule has 0 saturated carbocycles. The Balaban J connectivity index is 2.79. The van der Waals surface area contributed by atoms with Crippen LogP contribution in [-0.4, -0.2) is 4.98 Å². The minimum Gasteiger partial charge on any atom is -0.406 e. The summed E-state index contributed by atoms with van der Waals surface area (Å²) in [6.07, 6.45) is 0. The highest BCUT2D eigenvalue weighted by Gasteiger charge is 2.09. The number of hydrogen-bond acceptors (Lipinski definition) is 3. The van der Waals surface area contributed by atoms with Crippen LogP contribution in [0.5, 0.6) is 0 Å². The largest absolute Gasteiger partial charge is 0.406 e. The standard InChI is InChI=1S/C10H8ClNO2/c1-6(11)9-12-8-5-3-2-4-7(8)10(13)14-9/h2-6H,1H3. The summed E-state index contributed by atoms with van der Waals surface area (Å²) in [7, 11) is 0. The third-order valence-electron chi connectivity index (χ3n) is 1.89. The van der Waals surface area contributed by atoms with Gasteiger partial charge in [0, 0.05) is 0 Å². The zero-order valence-corrected chi connectivity index (χ0v) is 8.28. The van der Waals surface area contributed by atoms with Crippen LogP contribution >= 0.6 is 11.6 Å². The molecule has 0 bridgehead atoms. The minimum absolute atomic E-state index is 0.260. The SMILES string of the molecule is CC(Cl)c1nc2ccccc2c(=O)o1. The Kier molecular flexibility index (Phi) is 2.25. The summed E-state index contributed by atoms with van der Waals surface area (Å²) in [5.41, 5.74) is 0.226. The van der Waals surface area contributed by atoms with Gasteiger partial charge in [-0.25, -0.2) is 9.78 Å². The van der Waals surface area contributed by atoms with Gasteiger partial charge in [-0.1, -0.05) is 12.1 Å². The minimum atomic E-state index is -0.396. The maximum absolute atomic E-state index is 11.4. The molecule has 0 radical (unpaired) electrons. The van der Waals surface area contributed by atoms with E-state index in [1.807, 2.05) is 6.07 Å². The number of para-hydroxylation sites is 1. The molecule has 1 aromatic heterocycles. The first-order valence-electron chi connectivity index (χ1n) is 4.22. The molecule has 2 rings (SSSR count). The fourth-order valence-electron chi connectivity index (χ4n) is 1.21. The molecule has 1 aromatic carbocycles. The first kappa shape index (κ1) is 9.21. The van der Waals surface area contributed by atoms with Crippen LogP contribution in [-0.2, 0) is 0 Å². The third-order valence-corrected chi connectivity index (χ3v) is 2.08. The van der Waals surface area contributed by atoms with Crippen LogP contribution in [0.3, 0.4) is 0 Å². The van der Waals surface area contributed by atoms with E-state index in [-0.39, 0.29) is 5.89 Å². The molecule has 1 unspecified atom stereocenters. The third kappa shape index (κ3) is 1.51. The Labute approximate surface area is 85.3 Å². The number of hydrogen-bond donors (Lipinski definition) is 0. The van der Waals surface area contributed by atoms with Crippen molar-refractivity contribution in [2.24, 2.45) is 0 Å². The quantitative estimate of drug-likeness (QED) is 0.678. The maximum atomic E-state index is 11.4. The lowest BCUT2D eigenvalue weighted by atomic mass is 10.2. The van der Waals surface area contributed by atoms with Gasteiger partial charge in [0.05, 0.1) is 10.9 Å². The fraction of sp³-hybridized carbons (Fsp3) is 0.200. The van der Waals surface area contributed by atoms with Crippen LogP contribution in [0.15, 0.2) is 33.5 Å². The Morgan fingerprint density at radius 2 is 2.14 bits per heavy atom. The second-order valence-corrected chi connectivity index (χ2v) is 3.63. The predicted octanol–water partition coefficient (Wildman–Crippen LogP) is 2.49. The Bertz CT molecular complexity index is 519. The number of aromatic nitrogens is 1. The van der Waals surface area contributed by atoms with E-state index in [9.17, 15) is 4.79 Å². The topological polar surface area (TPSA) is 43.1 Å². The van der Waals surface area contributed by atoms with E-state index < -0.39 is 11.0 Å². The molecule has 2 aromatic rings. The van der Waals surface area contributed by atoms with Crippen LogP contribution in [0.25, 0.3) is 10.9 Å². The van der Waals surface area contributed by atoms with Gasteiger partial charge in [-0.05, 0) is 19.1 Å². The monoisotopic (exact) mass is 209 g/mol. The molecule has 0 amide bonds. The normalized spacial score (nSPS) is 13.0. The van der Waals surface area contributed by atoms with Gasteiger partial charge in [0.15, 0.2) is 0 Å². The number of halogens is 1. The van der Waals surface area contributed by atoms with Gasteiger partial charge in [-0.15, -0.1) is 11.6 Å². The van der Waals surface area contributed by atoms with Gasteiger partial charge < -0.3 is 4.42 Å². The van der Waals surface area contributed by atoms with Gasteiger partial charge >= 0.3 is 5.63 Å². The molecule has 1 heterocycles. The molecule has 72 valence electrons. The lowest BCUT2D eigenvalue weighted by Gasteiger charge is -2.01. The molecular formula is C10H8ClNO2. The van der Waals surface area contributed by atoms with Crippen LogP contribution < -0.4 is 5.63 Å². The molecule has 4 heteroatoms. The number of nitrogens with zero attached hydrogens (tertiary/aromatic N) is 1. The second kappa shape index (κ2) is 3.42. The van der Waals surface area contributed by atoms with Crippen molar-refractivity contribution >= 4 is 22.5 Å². The highest BCUT2D eigenvalue weighted by atomic mass is 35.5. The van der Waals surface area contributed by atoms with Crippen molar-refractivity contribution in [1.82, 2.24) is 4.98 Å². The van der Waals surface area contributed by atoms with Gasteiger partial charge in [0.25, 0.3) is 0 Å². The maximum Gasteiger partial charge on any atom is 0.346 e. The Morgan fingerprint density at radius 1 is 1.43 bits per heavy atom. The van der Waals surface area contributed by atoms with E-state index in [1.165, 1.54) is 0 Å². The average molecular weight is 210 g/mol. The molecule has 0 aliphatic rings. The van der Waals surface area contributed by atoms with Crippen molar-refractivity contribution in [3.8, 4) is 0 Å². The van der Waals surface area contributed by atoms with Gasteiger partial charge in [-0.2, -0.15) is 0 Å². The molecule has 0 fully saturated rings. The van der Waals surface area contributed by atoms with Crippen LogP contribution in [0.1, 0.15) is 18.2 Å². The van der Waals surface area contributed by atoms with E-state index in [0.29, 0.717) is 10.9 Å². The van der Waals surface area contributed by atoms with Gasteiger partial charge in [0.1, 0.15) is 5.38 Å². The Hall–Kier alpha value is -1.35. The highest BCUT2D eigenvalue weighted by Crippen LogP contribution is 2.17. The van der Waals surface area contributed by atoms with Crippen molar-refractivity contribution in [3.63, 3.8) is 0 Å². The molecule has 14 heavy (non-hydrogen) atoms. The molecule has 0 aliphatic carbocycles. The van der Waals surface area contributed by atoms with Crippen molar-refractivity contribution < 1.29 is 4.42 Å². The summed E-state index contributed by atoms with van der Waals surface area (Å²) >= 11 is 5.78. The summed E-state index contributed by atoms with van der Waals surface area (Å²) in [6.45, 7) is 1.71. The zero-order chi connectivity index (χ0) is 10.1. The summed E-state index contributed by atoms with van der Waals surface area (Å²) in [5, 5.41) is 0.0841. The van der Waals surface area contributed by atoms with E-state index in [4.69, 9.17) is 16.0 Å². The summed E-state index contributed by atoms with van der Waals surface area (Å²) in [4.78, 5) is 15.6. The van der Waals surface area contributed by atoms with E-state index in [2.05, 4.69) is 4.98 Å². The van der Waals surface area contributed by atoms with Gasteiger partial charge in [-0.3, -0.25) is 0 Å². The first-order valence-corrected chi connectivity index (χ1v) is 4.66. The molecule has 0 N–H and O–H groups in total. The molecule has 0 saturated heterocycles. The number of rotatable bonds is 1. The van der Waals surface area contributed by atoms with Crippen molar-refractivity contribution in [1.29, 1.82) is 0 Å². The average Bonchev–Trinajstić information content (AvgIpc) is 2.17. The lowest BCUT2D eigenvalue weighted by Crippen LogP contribution is -2.05. The lowest BCUT2D eigenvalue weighted by molar-refractivity contribution is 0.445. The van der Waals surface area contributed by atoms with Crippen LogP contribution in [0.4, 0.5) is 0 Å².